The van der Waals surface area contributed by atoms with Crippen LogP contribution in [-0.2, 0) is 4.74 Å². The average molecular weight is 405 g/mol. The van der Waals surface area contributed by atoms with E-state index in [0.717, 1.165) is 30.5 Å². The van der Waals surface area contributed by atoms with E-state index in [9.17, 15) is 18.0 Å². The number of halogens is 4. The predicted octanol–water partition coefficient (Wildman–Crippen LogP) is 4.76. The quantitative estimate of drug-likeness (QED) is 0.697. The van der Waals surface area contributed by atoms with Gasteiger partial charge in [0.15, 0.2) is 0 Å². The highest BCUT2D eigenvalue weighted by molar-refractivity contribution is 9.10. The summed E-state index contributed by atoms with van der Waals surface area (Å²) < 4.78 is 42.3. The molecule has 1 saturated heterocycles. The fourth-order valence-corrected chi connectivity index (χ4v) is 2.03. The van der Waals surface area contributed by atoms with E-state index >= 15 is 0 Å². The van der Waals surface area contributed by atoms with Crippen LogP contribution in [0.1, 0.15) is 25.5 Å². The first-order chi connectivity index (χ1) is 11.5. The molecule has 1 aliphatic heterocycles. The molecule has 2 aromatic rings. The van der Waals surface area contributed by atoms with Crippen LogP contribution in [0.25, 0.3) is 0 Å². The monoisotopic (exact) mass is 404 g/mol. The van der Waals surface area contributed by atoms with Gasteiger partial charge in [-0.05, 0) is 46.3 Å². The number of nitrogens with one attached hydrogen (secondary N) is 1. The molecule has 0 aliphatic carbocycles. The van der Waals surface area contributed by atoms with Crippen molar-refractivity contribution in [2.75, 3.05) is 6.61 Å². The van der Waals surface area contributed by atoms with Crippen LogP contribution in [0.3, 0.4) is 0 Å². The molecule has 0 saturated carbocycles. The minimum atomic E-state index is -0.526. The maximum atomic E-state index is 13.3. The molecule has 2 heterocycles. The van der Waals surface area contributed by atoms with Crippen LogP contribution in [0.15, 0.2) is 41.1 Å². The molecular weight excluding hydrogens is 389 g/mol. The average Bonchev–Trinajstić information content (AvgIpc) is 3.01. The first-order valence-electron chi connectivity index (χ1n) is 7.11. The topological polar surface area (TPSA) is 51.2 Å². The minimum absolute atomic E-state index is 0.145. The molecule has 1 fully saturated rings. The lowest BCUT2D eigenvalue weighted by Gasteiger charge is -2.08. The Bertz CT molecular complexity index is 648. The number of carbonyl (C=O) groups is 1. The van der Waals surface area contributed by atoms with E-state index in [-0.39, 0.29) is 6.61 Å². The normalized spacial score (nSPS) is 15.2. The lowest BCUT2D eigenvalue weighted by molar-refractivity contribution is 0.176. The second-order valence-corrected chi connectivity index (χ2v) is 5.07. The zero-order chi connectivity index (χ0) is 18.1. The van der Waals surface area contributed by atoms with Crippen LogP contribution in [0.2, 0.25) is 0 Å². The van der Waals surface area contributed by atoms with E-state index in [0.29, 0.717) is 10.2 Å². The standard InChI is InChI=1S/C8H6BrFN2O2.C6H4F2.C2H6/c9-7-1-4(5(10)2-11-7)6-3-14-8(13)12-6;7-5-1-2-6(8)4-3-5;1-2/h1-2,6H,3H2,(H,12,13);1-4H;1-2H3. The van der Waals surface area contributed by atoms with Gasteiger partial charge in [0.2, 0.25) is 0 Å². The molecule has 1 N–H and O–H groups in total. The molecule has 0 spiro atoms. The van der Waals surface area contributed by atoms with E-state index in [4.69, 9.17) is 0 Å². The van der Waals surface area contributed by atoms with E-state index < -0.39 is 29.6 Å². The molecule has 1 amide bonds. The van der Waals surface area contributed by atoms with Crippen molar-refractivity contribution in [2.24, 2.45) is 0 Å². The number of pyridine rings is 1. The van der Waals surface area contributed by atoms with Gasteiger partial charge >= 0.3 is 6.09 Å². The van der Waals surface area contributed by atoms with Crippen molar-refractivity contribution < 1.29 is 22.7 Å². The number of alkyl carbamates (subject to hydrolysis) is 1. The van der Waals surface area contributed by atoms with E-state index in [1.807, 2.05) is 13.8 Å². The van der Waals surface area contributed by atoms with Crippen molar-refractivity contribution in [1.29, 1.82) is 0 Å². The Hall–Kier alpha value is -2.09. The van der Waals surface area contributed by atoms with Crippen LogP contribution in [0.5, 0.6) is 0 Å². The Labute approximate surface area is 146 Å². The summed E-state index contributed by atoms with van der Waals surface area (Å²) in [7, 11) is 0. The molecule has 1 aromatic heterocycles. The highest BCUT2D eigenvalue weighted by Gasteiger charge is 2.26. The van der Waals surface area contributed by atoms with Crippen molar-refractivity contribution in [3.63, 3.8) is 0 Å². The summed E-state index contributed by atoms with van der Waals surface area (Å²) in [6, 6.07) is 5.41. The summed E-state index contributed by atoms with van der Waals surface area (Å²) in [5, 5.41) is 2.49. The molecule has 1 aromatic carbocycles. The third-order valence-electron chi connectivity index (χ3n) is 2.70. The summed E-state index contributed by atoms with van der Waals surface area (Å²) in [4.78, 5) is 14.5. The number of benzene rings is 1. The van der Waals surface area contributed by atoms with Crippen molar-refractivity contribution in [2.45, 2.75) is 19.9 Å². The molecule has 24 heavy (non-hydrogen) atoms. The van der Waals surface area contributed by atoms with Crippen LogP contribution < -0.4 is 5.32 Å². The van der Waals surface area contributed by atoms with Gasteiger partial charge in [0, 0.05) is 5.56 Å². The number of aromatic nitrogens is 1. The molecule has 1 unspecified atom stereocenters. The molecule has 1 aliphatic rings. The van der Waals surface area contributed by atoms with E-state index in [1.165, 1.54) is 6.07 Å². The molecule has 1 atom stereocenters. The Balaban J connectivity index is 0.000000245. The van der Waals surface area contributed by atoms with Gasteiger partial charge in [0.05, 0.1) is 12.2 Å². The number of nitrogens with zero attached hydrogens (tertiary/aromatic N) is 1. The molecule has 3 rings (SSSR count). The lowest BCUT2D eigenvalue weighted by Crippen LogP contribution is -2.19. The second kappa shape index (κ2) is 9.92. The minimum Gasteiger partial charge on any atom is -0.447 e. The van der Waals surface area contributed by atoms with Gasteiger partial charge in [-0.2, -0.15) is 0 Å². The zero-order valence-electron chi connectivity index (χ0n) is 13.0. The third kappa shape index (κ3) is 6.19. The van der Waals surface area contributed by atoms with Crippen molar-refractivity contribution in [3.05, 3.63) is 64.1 Å². The van der Waals surface area contributed by atoms with Crippen molar-refractivity contribution >= 4 is 22.0 Å². The number of cyclic esters (lactones) is 1. The summed E-state index contributed by atoms with van der Waals surface area (Å²) in [5.74, 6) is -1.28. The molecule has 0 radical (unpaired) electrons. The highest BCUT2D eigenvalue weighted by atomic mass is 79.9. The van der Waals surface area contributed by atoms with Crippen molar-refractivity contribution in [1.82, 2.24) is 10.3 Å². The van der Waals surface area contributed by atoms with Gasteiger partial charge < -0.3 is 10.1 Å². The lowest BCUT2D eigenvalue weighted by atomic mass is 10.1. The summed E-state index contributed by atoms with van der Waals surface area (Å²) in [5.41, 5.74) is 0.373. The SMILES string of the molecule is CC.Fc1ccc(F)cc1.O=C1NC(c2cc(Br)ncc2F)CO1. The second-order valence-electron chi connectivity index (χ2n) is 4.26. The molecular formula is C16H16BrF3N2O2. The van der Waals surface area contributed by atoms with Crippen LogP contribution in [0, 0.1) is 17.5 Å². The Morgan fingerprint density at radius 2 is 1.71 bits per heavy atom. The van der Waals surface area contributed by atoms with Gasteiger partial charge in [0.25, 0.3) is 0 Å². The highest BCUT2D eigenvalue weighted by Crippen LogP contribution is 2.22. The Morgan fingerprint density at radius 1 is 1.17 bits per heavy atom. The van der Waals surface area contributed by atoms with E-state index in [1.54, 1.807) is 0 Å². The smallest absolute Gasteiger partial charge is 0.407 e. The molecule has 0 bridgehead atoms. The first-order valence-corrected chi connectivity index (χ1v) is 7.90. The Kier molecular flexibility index (Phi) is 8.25. The van der Waals surface area contributed by atoms with E-state index in [2.05, 4.69) is 31.0 Å². The van der Waals surface area contributed by atoms with Crippen LogP contribution in [0.4, 0.5) is 18.0 Å². The van der Waals surface area contributed by atoms with Gasteiger partial charge in [-0.25, -0.2) is 22.9 Å². The fraction of sp³-hybridized carbons (Fsp3) is 0.250. The maximum absolute atomic E-state index is 13.3. The number of amides is 1. The van der Waals surface area contributed by atoms with Gasteiger partial charge in [-0.3, -0.25) is 0 Å². The molecule has 4 nitrogen and oxygen atoms in total. The number of rotatable bonds is 1. The number of hydrogen-bond donors (Lipinski definition) is 1. The predicted molar refractivity (Wildman–Crippen MR) is 86.8 cm³/mol. The first kappa shape index (κ1) is 20.0. The van der Waals surface area contributed by atoms with Gasteiger partial charge in [-0.15, -0.1) is 0 Å². The third-order valence-corrected chi connectivity index (χ3v) is 3.14. The van der Waals surface area contributed by atoms with Gasteiger partial charge in [-0.1, -0.05) is 13.8 Å². The molecule has 130 valence electrons. The van der Waals surface area contributed by atoms with Crippen molar-refractivity contribution in [3.8, 4) is 0 Å². The number of ether oxygens (including phenoxy) is 1. The Morgan fingerprint density at radius 3 is 2.17 bits per heavy atom. The summed E-state index contributed by atoms with van der Waals surface area (Å²) in [6.45, 7) is 4.15. The zero-order valence-corrected chi connectivity index (χ0v) is 14.6. The fourth-order valence-electron chi connectivity index (χ4n) is 1.68. The number of carbonyl (C=O) groups excluding carboxylic acids is 1. The summed E-state index contributed by atoms with van der Waals surface area (Å²) in [6.07, 6.45) is 0.575. The summed E-state index contributed by atoms with van der Waals surface area (Å²) >= 11 is 3.13. The van der Waals surface area contributed by atoms with Crippen LogP contribution in [-0.4, -0.2) is 17.7 Å². The van der Waals surface area contributed by atoms with Gasteiger partial charge in [0.1, 0.15) is 28.7 Å². The largest absolute Gasteiger partial charge is 0.447 e. The van der Waals surface area contributed by atoms with Crippen LogP contribution >= 0.6 is 15.9 Å². The maximum Gasteiger partial charge on any atom is 0.407 e. The number of hydrogen-bond acceptors (Lipinski definition) is 3. The molecule has 8 heteroatoms.